The summed E-state index contributed by atoms with van der Waals surface area (Å²) < 4.78 is 5.97. The van der Waals surface area contributed by atoms with Crippen molar-refractivity contribution in [2.45, 2.75) is 6.42 Å². The average Bonchev–Trinajstić information content (AvgIpc) is 2.39. The van der Waals surface area contributed by atoms with Crippen molar-refractivity contribution in [1.82, 2.24) is 5.43 Å². The maximum Gasteiger partial charge on any atom is 0.254 e. The van der Waals surface area contributed by atoms with Crippen molar-refractivity contribution in [3.63, 3.8) is 0 Å². The van der Waals surface area contributed by atoms with E-state index in [9.17, 15) is 9.90 Å². The maximum absolute atomic E-state index is 11.0. The monoisotopic (exact) mass is 389 g/mol. The number of amides is 1. The minimum Gasteiger partial charge on any atom is -0.503 e. The molecule has 1 amide bonds. The molecule has 0 spiro atoms. The van der Waals surface area contributed by atoms with Crippen molar-refractivity contribution in [2.75, 3.05) is 7.11 Å². The van der Waals surface area contributed by atoms with Gasteiger partial charge in [-0.2, -0.15) is 10.4 Å². The van der Waals surface area contributed by atoms with Crippen LogP contribution in [0.15, 0.2) is 20.1 Å². The lowest BCUT2D eigenvalue weighted by Crippen LogP contribution is -2.16. The quantitative estimate of drug-likeness (QED) is 0.609. The molecule has 0 saturated heterocycles. The molecule has 19 heavy (non-hydrogen) atoms. The average molecular weight is 391 g/mol. The second-order valence-corrected chi connectivity index (χ2v) is 4.86. The van der Waals surface area contributed by atoms with Crippen molar-refractivity contribution in [2.24, 2.45) is 5.10 Å². The number of benzene rings is 1. The number of nitriles is 1. The Morgan fingerprint density at radius 2 is 2.32 bits per heavy atom. The minimum atomic E-state index is -0.500. The number of hydrazone groups is 1. The van der Waals surface area contributed by atoms with Crippen molar-refractivity contribution >= 4 is 44.0 Å². The predicted octanol–water partition coefficient (Wildman–Crippen LogP) is 2.29. The van der Waals surface area contributed by atoms with Gasteiger partial charge in [-0.05, 0) is 37.9 Å². The van der Waals surface area contributed by atoms with Gasteiger partial charge < -0.3 is 9.84 Å². The van der Waals surface area contributed by atoms with Crippen molar-refractivity contribution < 1.29 is 14.6 Å². The summed E-state index contributed by atoms with van der Waals surface area (Å²) >= 11 is 6.47. The van der Waals surface area contributed by atoms with Gasteiger partial charge in [-0.3, -0.25) is 4.79 Å². The summed E-state index contributed by atoms with van der Waals surface area (Å²) in [6, 6.07) is 3.25. The molecule has 8 heteroatoms. The number of carbonyl (C=O) groups is 1. The molecule has 2 N–H and O–H groups in total. The van der Waals surface area contributed by atoms with Crippen LogP contribution < -0.4 is 10.2 Å². The van der Waals surface area contributed by atoms with Crippen LogP contribution in [0.3, 0.4) is 0 Å². The first kappa shape index (κ1) is 15.5. The number of hydrogen-bond donors (Lipinski definition) is 2. The number of phenolic OH excluding ortho intramolecular Hbond substituents is 1. The normalized spacial score (nSPS) is 10.2. The summed E-state index contributed by atoms with van der Waals surface area (Å²) in [6.45, 7) is 0. The molecule has 1 aromatic carbocycles. The Morgan fingerprint density at radius 3 is 2.89 bits per heavy atom. The third-order valence-electron chi connectivity index (χ3n) is 2.03. The SMILES string of the molecule is COc1cc(/C=N\NC(=O)CC#N)c(Br)c(Br)c1O. The van der Waals surface area contributed by atoms with Gasteiger partial charge in [0.2, 0.25) is 0 Å². The highest BCUT2D eigenvalue weighted by Gasteiger charge is 2.13. The van der Waals surface area contributed by atoms with E-state index >= 15 is 0 Å². The van der Waals surface area contributed by atoms with E-state index in [0.717, 1.165) is 0 Å². The Labute approximate surface area is 126 Å². The third-order valence-corrected chi connectivity index (χ3v) is 4.18. The van der Waals surface area contributed by atoms with Gasteiger partial charge in [0.05, 0.1) is 23.9 Å². The van der Waals surface area contributed by atoms with Crippen LogP contribution in [0.5, 0.6) is 11.5 Å². The van der Waals surface area contributed by atoms with Gasteiger partial charge in [-0.1, -0.05) is 0 Å². The molecular weight excluding hydrogens is 382 g/mol. The lowest BCUT2D eigenvalue weighted by Gasteiger charge is -2.09. The van der Waals surface area contributed by atoms with E-state index in [0.29, 0.717) is 14.5 Å². The third kappa shape index (κ3) is 3.94. The van der Waals surface area contributed by atoms with Crippen LogP contribution in [0.4, 0.5) is 0 Å². The number of ether oxygens (including phenoxy) is 1. The number of halogens is 2. The smallest absolute Gasteiger partial charge is 0.254 e. The molecule has 0 aromatic heterocycles. The van der Waals surface area contributed by atoms with Crippen LogP contribution in [0.2, 0.25) is 0 Å². The molecule has 0 unspecified atom stereocenters. The first-order valence-electron chi connectivity index (χ1n) is 4.95. The number of rotatable bonds is 4. The Hall–Kier alpha value is -1.59. The first-order valence-corrected chi connectivity index (χ1v) is 6.53. The van der Waals surface area contributed by atoms with Crippen LogP contribution in [-0.2, 0) is 4.79 Å². The Kier molecular flexibility index (Phi) is 5.79. The molecule has 0 bridgehead atoms. The number of phenols is 1. The molecule has 0 aliphatic heterocycles. The lowest BCUT2D eigenvalue weighted by atomic mass is 10.2. The van der Waals surface area contributed by atoms with Crippen LogP contribution in [-0.4, -0.2) is 24.3 Å². The van der Waals surface area contributed by atoms with Gasteiger partial charge in [0.25, 0.3) is 5.91 Å². The molecule has 0 aliphatic carbocycles. The van der Waals surface area contributed by atoms with E-state index in [4.69, 9.17) is 10.00 Å². The number of hydrogen-bond acceptors (Lipinski definition) is 5. The second kappa shape index (κ2) is 7.11. The van der Waals surface area contributed by atoms with E-state index in [-0.39, 0.29) is 17.9 Å². The van der Waals surface area contributed by atoms with E-state index in [1.807, 2.05) is 0 Å². The van der Waals surface area contributed by atoms with Crippen molar-refractivity contribution in [3.8, 4) is 17.6 Å². The predicted molar refractivity (Wildman–Crippen MR) is 76.0 cm³/mol. The fraction of sp³-hybridized carbons (Fsp3) is 0.182. The van der Waals surface area contributed by atoms with Gasteiger partial charge in [-0.25, -0.2) is 5.43 Å². The van der Waals surface area contributed by atoms with Crippen molar-refractivity contribution in [3.05, 3.63) is 20.6 Å². The minimum absolute atomic E-state index is 0.0416. The zero-order valence-electron chi connectivity index (χ0n) is 9.78. The van der Waals surface area contributed by atoms with Gasteiger partial charge in [0.1, 0.15) is 6.42 Å². The van der Waals surface area contributed by atoms with E-state index < -0.39 is 5.91 Å². The molecule has 1 aromatic rings. The number of nitrogens with zero attached hydrogens (tertiary/aromatic N) is 2. The second-order valence-electron chi connectivity index (χ2n) is 3.27. The fourth-order valence-corrected chi connectivity index (χ4v) is 1.98. The van der Waals surface area contributed by atoms with Crippen molar-refractivity contribution in [1.29, 1.82) is 5.26 Å². The largest absolute Gasteiger partial charge is 0.503 e. The summed E-state index contributed by atoms with van der Waals surface area (Å²) in [4.78, 5) is 11.0. The highest BCUT2D eigenvalue weighted by Crippen LogP contribution is 2.41. The number of aromatic hydroxyl groups is 1. The molecule has 100 valence electrons. The highest BCUT2D eigenvalue weighted by atomic mass is 79.9. The molecule has 0 radical (unpaired) electrons. The van der Waals surface area contributed by atoms with Gasteiger partial charge in [-0.15, -0.1) is 0 Å². The number of nitrogens with one attached hydrogen (secondary N) is 1. The van der Waals surface area contributed by atoms with Crippen LogP contribution in [0, 0.1) is 11.3 Å². The Balaban J connectivity index is 2.96. The van der Waals surface area contributed by atoms with Gasteiger partial charge in [0.15, 0.2) is 11.5 Å². The van der Waals surface area contributed by atoms with Crippen LogP contribution in [0.1, 0.15) is 12.0 Å². The van der Waals surface area contributed by atoms with E-state index in [2.05, 4.69) is 42.4 Å². The zero-order chi connectivity index (χ0) is 14.4. The first-order chi connectivity index (χ1) is 9.01. The van der Waals surface area contributed by atoms with E-state index in [1.165, 1.54) is 13.3 Å². The van der Waals surface area contributed by atoms with Gasteiger partial charge >= 0.3 is 0 Å². The lowest BCUT2D eigenvalue weighted by molar-refractivity contribution is -0.120. The highest BCUT2D eigenvalue weighted by molar-refractivity contribution is 9.13. The van der Waals surface area contributed by atoms with Gasteiger partial charge in [0, 0.05) is 10.0 Å². The fourth-order valence-electron chi connectivity index (χ4n) is 1.15. The van der Waals surface area contributed by atoms with Crippen LogP contribution in [0.25, 0.3) is 0 Å². The molecule has 0 heterocycles. The van der Waals surface area contributed by atoms with Crippen LogP contribution >= 0.6 is 31.9 Å². The summed E-state index contributed by atoms with van der Waals surface area (Å²) in [6.07, 6.45) is 1.10. The molecule has 0 saturated carbocycles. The molecular formula is C11H9Br2N3O3. The maximum atomic E-state index is 11.0. The molecule has 0 atom stereocenters. The number of carbonyl (C=O) groups excluding carboxylic acids is 1. The summed E-state index contributed by atoms with van der Waals surface area (Å²) in [5, 5.41) is 21.7. The standard InChI is InChI=1S/C11H9Br2N3O3/c1-19-7-4-6(9(12)10(13)11(7)18)5-15-16-8(17)2-3-14/h4-5,18H,2H2,1H3,(H,16,17)/b15-5-. The topological polar surface area (TPSA) is 94.7 Å². The molecule has 0 fully saturated rings. The zero-order valence-corrected chi connectivity index (χ0v) is 12.9. The van der Waals surface area contributed by atoms with E-state index in [1.54, 1.807) is 12.1 Å². The molecule has 6 nitrogen and oxygen atoms in total. The molecule has 0 aliphatic rings. The summed E-state index contributed by atoms with van der Waals surface area (Å²) in [5.74, 6) is -0.278. The Bertz CT molecular complexity index is 567. The summed E-state index contributed by atoms with van der Waals surface area (Å²) in [7, 11) is 1.42. The Morgan fingerprint density at radius 1 is 1.63 bits per heavy atom. The number of methoxy groups -OCH3 is 1. The summed E-state index contributed by atoms with van der Waals surface area (Å²) in [5.41, 5.74) is 2.78. The molecule has 1 rings (SSSR count).